The van der Waals surface area contributed by atoms with Crippen LogP contribution in [-0.2, 0) is 13.2 Å². The lowest BCUT2D eigenvalue weighted by atomic mass is 10.1. The molecule has 0 aliphatic rings. The number of hydrogen-bond donors (Lipinski definition) is 1. The molecular formula is C23H33Cl2NO2. The molecule has 0 saturated heterocycles. The summed E-state index contributed by atoms with van der Waals surface area (Å²) in [6.45, 7) is 7.05. The summed E-state index contributed by atoms with van der Waals surface area (Å²) in [5.74, 6) is 1.59. The second kappa shape index (κ2) is 14.6. The minimum absolute atomic E-state index is 0. The van der Waals surface area contributed by atoms with Crippen molar-refractivity contribution in [2.24, 2.45) is 0 Å². The van der Waals surface area contributed by atoms with E-state index in [-0.39, 0.29) is 12.4 Å². The van der Waals surface area contributed by atoms with E-state index in [1.807, 2.05) is 43.3 Å². The molecule has 0 fully saturated rings. The van der Waals surface area contributed by atoms with E-state index in [1.54, 1.807) is 0 Å². The van der Waals surface area contributed by atoms with E-state index in [9.17, 15) is 0 Å². The van der Waals surface area contributed by atoms with Crippen LogP contribution in [0.15, 0.2) is 42.5 Å². The number of hydrogen-bond acceptors (Lipinski definition) is 3. The first kappa shape index (κ1) is 24.6. The molecule has 156 valence electrons. The summed E-state index contributed by atoms with van der Waals surface area (Å²) in [6.07, 6.45) is 6.43. The van der Waals surface area contributed by atoms with Crippen molar-refractivity contribution in [1.82, 2.24) is 5.32 Å². The molecule has 2 aromatic rings. The molecule has 1 N–H and O–H groups in total. The Bertz CT molecular complexity index is 679. The Hall–Kier alpha value is -1.42. The number of nitrogens with one attached hydrogen (secondary N) is 1. The third-order valence-corrected chi connectivity index (χ3v) is 4.83. The van der Waals surface area contributed by atoms with Crippen LogP contribution < -0.4 is 14.8 Å². The van der Waals surface area contributed by atoms with Crippen molar-refractivity contribution in [1.29, 1.82) is 0 Å². The highest BCUT2D eigenvalue weighted by Crippen LogP contribution is 2.32. The quantitative estimate of drug-likeness (QED) is 0.357. The predicted octanol–water partition coefficient (Wildman–Crippen LogP) is 6.80. The first-order valence-corrected chi connectivity index (χ1v) is 10.5. The molecule has 0 saturated carbocycles. The van der Waals surface area contributed by atoms with Crippen molar-refractivity contribution in [2.75, 3.05) is 13.2 Å². The van der Waals surface area contributed by atoms with Gasteiger partial charge in [-0.3, -0.25) is 0 Å². The first-order valence-electron chi connectivity index (χ1n) is 10.1. The van der Waals surface area contributed by atoms with Crippen molar-refractivity contribution < 1.29 is 9.47 Å². The number of unbranched alkanes of at least 4 members (excludes halogenated alkanes) is 4. The number of halogens is 2. The SMILES string of the molecule is CCCCCCCNCc1cccc(OCC)c1OCc1ccccc1Cl.Cl. The maximum atomic E-state index is 6.26. The van der Waals surface area contributed by atoms with Gasteiger partial charge in [0.15, 0.2) is 11.5 Å². The Morgan fingerprint density at radius 2 is 1.61 bits per heavy atom. The lowest BCUT2D eigenvalue weighted by Crippen LogP contribution is -2.16. The molecule has 0 heterocycles. The van der Waals surface area contributed by atoms with E-state index in [0.717, 1.165) is 40.7 Å². The highest BCUT2D eigenvalue weighted by atomic mass is 35.5. The third-order valence-electron chi connectivity index (χ3n) is 4.46. The van der Waals surface area contributed by atoms with Gasteiger partial charge in [-0.2, -0.15) is 0 Å². The van der Waals surface area contributed by atoms with E-state index in [1.165, 1.54) is 32.1 Å². The molecule has 0 spiro atoms. The summed E-state index contributed by atoms with van der Waals surface area (Å²) in [7, 11) is 0. The van der Waals surface area contributed by atoms with Crippen molar-refractivity contribution in [3.05, 3.63) is 58.6 Å². The van der Waals surface area contributed by atoms with Crippen LogP contribution in [0.5, 0.6) is 11.5 Å². The molecule has 5 heteroatoms. The summed E-state index contributed by atoms with van der Waals surface area (Å²) in [6, 6.07) is 13.8. The minimum atomic E-state index is 0. The maximum absolute atomic E-state index is 6.26. The Morgan fingerprint density at radius 3 is 2.36 bits per heavy atom. The summed E-state index contributed by atoms with van der Waals surface area (Å²) in [5, 5.41) is 4.26. The summed E-state index contributed by atoms with van der Waals surface area (Å²) in [4.78, 5) is 0. The highest BCUT2D eigenvalue weighted by molar-refractivity contribution is 6.31. The zero-order valence-corrected chi connectivity index (χ0v) is 18.6. The largest absolute Gasteiger partial charge is 0.490 e. The van der Waals surface area contributed by atoms with Crippen LogP contribution in [0.3, 0.4) is 0 Å². The first-order chi connectivity index (χ1) is 13.3. The Labute approximate surface area is 181 Å². The van der Waals surface area contributed by atoms with Gasteiger partial charge in [-0.15, -0.1) is 12.4 Å². The molecule has 0 atom stereocenters. The van der Waals surface area contributed by atoms with Crippen molar-refractivity contribution in [3.63, 3.8) is 0 Å². The van der Waals surface area contributed by atoms with Gasteiger partial charge in [0.1, 0.15) is 6.61 Å². The van der Waals surface area contributed by atoms with E-state index >= 15 is 0 Å². The van der Waals surface area contributed by atoms with E-state index in [4.69, 9.17) is 21.1 Å². The van der Waals surface area contributed by atoms with Crippen LogP contribution >= 0.6 is 24.0 Å². The lowest BCUT2D eigenvalue weighted by Gasteiger charge is -2.17. The average Bonchev–Trinajstić information content (AvgIpc) is 2.68. The van der Waals surface area contributed by atoms with E-state index < -0.39 is 0 Å². The van der Waals surface area contributed by atoms with Crippen molar-refractivity contribution >= 4 is 24.0 Å². The molecule has 0 bridgehead atoms. The van der Waals surface area contributed by atoms with Gasteiger partial charge in [0, 0.05) is 22.7 Å². The van der Waals surface area contributed by atoms with Crippen LogP contribution in [-0.4, -0.2) is 13.2 Å². The van der Waals surface area contributed by atoms with Crippen molar-refractivity contribution in [3.8, 4) is 11.5 Å². The van der Waals surface area contributed by atoms with Gasteiger partial charge in [0.2, 0.25) is 0 Å². The minimum Gasteiger partial charge on any atom is -0.490 e. The van der Waals surface area contributed by atoms with Gasteiger partial charge in [-0.05, 0) is 32.0 Å². The lowest BCUT2D eigenvalue weighted by molar-refractivity contribution is 0.266. The van der Waals surface area contributed by atoms with Gasteiger partial charge in [-0.1, -0.05) is 74.5 Å². The summed E-state index contributed by atoms with van der Waals surface area (Å²) >= 11 is 6.26. The number of para-hydroxylation sites is 1. The molecule has 0 radical (unpaired) electrons. The zero-order valence-electron chi connectivity index (χ0n) is 17.0. The fourth-order valence-electron chi connectivity index (χ4n) is 2.98. The standard InChI is InChI=1S/C23H32ClNO2.ClH/c1-3-5-6-7-10-16-25-17-19-13-11-15-22(26-4-2)23(19)27-18-20-12-8-9-14-21(20)24;/h8-9,11-15,25H,3-7,10,16-18H2,1-2H3;1H. The third kappa shape index (κ3) is 8.30. The maximum Gasteiger partial charge on any atom is 0.166 e. The average molecular weight is 426 g/mol. The van der Waals surface area contributed by atoms with Crippen LogP contribution in [0.1, 0.15) is 57.1 Å². The van der Waals surface area contributed by atoms with E-state index in [2.05, 4.69) is 18.3 Å². The Morgan fingerprint density at radius 1 is 0.857 bits per heavy atom. The smallest absolute Gasteiger partial charge is 0.166 e. The number of benzene rings is 2. The fourth-order valence-corrected chi connectivity index (χ4v) is 3.17. The second-order valence-electron chi connectivity index (χ2n) is 6.65. The van der Waals surface area contributed by atoms with Crippen LogP contribution in [0.4, 0.5) is 0 Å². The van der Waals surface area contributed by atoms with Gasteiger partial charge in [0.05, 0.1) is 6.61 Å². The molecular weight excluding hydrogens is 393 g/mol. The van der Waals surface area contributed by atoms with E-state index in [0.29, 0.717) is 13.2 Å². The molecule has 2 aromatic carbocycles. The molecule has 0 unspecified atom stereocenters. The number of rotatable bonds is 13. The van der Waals surface area contributed by atoms with Gasteiger partial charge >= 0.3 is 0 Å². The molecule has 2 rings (SSSR count). The fraction of sp³-hybridized carbons (Fsp3) is 0.478. The Kier molecular flexibility index (Phi) is 12.8. The van der Waals surface area contributed by atoms with Crippen LogP contribution in [0.25, 0.3) is 0 Å². The molecule has 0 aromatic heterocycles. The van der Waals surface area contributed by atoms with Crippen molar-refractivity contribution in [2.45, 2.75) is 59.1 Å². The summed E-state index contributed by atoms with van der Waals surface area (Å²) < 4.78 is 11.9. The summed E-state index contributed by atoms with van der Waals surface area (Å²) in [5.41, 5.74) is 2.09. The Balaban J connectivity index is 0.00000392. The highest BCUT2D eigenvalue weighted by Gasteiger charge is 2.12. The van der Waals surface area contributed by atoms with Gasteiger partial charge in [-0.25, -0.2) is 0 Å². The molecule has 0 amide bonds. The van der Waals surface area contributed by atoms with Crippen LogP contribution in [0, 0.1) is 0 Å². The predicted molar refractivity (Wildman–Crippen MR) is 121 cm³/mol. The molecule has 3 nitrogen and oxygen atoms in total. The molecule has 28 heavy (non-hydrogen) atoms. The van der Waals surface area contributed by atoms with Gasteiger partial charge < -0.3 is 14.8 Å². The number of ether oxygens (including phenoxy) is 2. The zero-order chi connectivity index (χ0) is 19.3. The normalized spacial score (nSPS) is 10.4. The topological polar surface area (TPSA) is 30.5 Å². The molecule has 0 aliphatic carbocycles. The van der Waals surface area contributed by atoms with Gasteiger partial charge in [0.25, 0.3) is 0 Å². The monoisotopic (exact) mass is 425 g/mol. The van der Waals surface area contributed by atoms with Crippen LogP contribution in [0.2, 0.25) is 5.02 Å². The molecule has 0 aliphatic heterocycles. The second-order valence-corrected chi connectivity index (χ2v) is 7.06.